The number of benzene rings is 5. The Balaban J connectivity index is 1.30. The van der Waals surface area contributed by atoms with Crippen LogP contribution >= 0.6 is 27.7 Å². The van der Waals surface area contributed by atoms with E-state index in [0.717, 1.165) is 21.2 Å². The Bertz CT molecular complexity index is 1750. The maximum atomic E-state index is 5.10. The molecule has 0 saturated heterocycles. The molecule has 1 aliphatic rings. The summed E-state index contributed by atoms with van der Waals surface area (Å²) in [6, 6.07) is 43.3. The van der Waals surface area contributed by atoms with Crippen LogP contribution in [0.1, 0.15) is 0 Å². The van der Waals surface area contributed by atoms with Gasteiger partial charge in [0, 0.05) is 25.2 Å². The summed E-state index contributed by atoms with van der Waals surface area (Å²) in [6.07, 6.45) is 0. The lowest BCUT2D eigenvalue weighted by atomic mass is 9.95. The van der Waals surface area contributed by atoms with Crippen LogP contribution in [0.15, 0.2) is 136 Å². The Labute approximate surface area is 223 Å². The van der Waals surface area contributed by atoms with E-state index in [-0.39, 0.29) is 0 Å². The summed E-state index contributed by atoms with van der Waals surface area (Å²) < 4.78 is 1.09. The Morgan fingerprint density at radius 3 is 1.94 bits per heavy atom. The fourth-order valence-electron chi connectivity index (χ4n) is 4.95. The van der Waals surface area contributed by atoms with Crippen LogP contribution in [0.2, 0.25) is 0 Å². The first-order chi connectivity index (χ1) is 17.7. The van der Waals surface area contributed by atoms with Gasteiger partial charge in [0.1, 0.15) is 0 Å². The first-order valence-electron chi connectivity index (χ1n) is 11.9. The van der Waals surface area contributed by atoms with Crippen molar-refractivity contribution in [1.29, 1.82) is 0 Å². The number of pyridine rings is 1. The molecule has 0 aliphatic carbocycles. The largest absolute Gasteiger partial charge is 0.248 e. The summed E-state index contributed by atoms with van der Waals surface area (Å²) >= 11 is 5.35. The number of aromatic nitrogens is 1. The zero-order chi connectivity index (χ0) is 24.1. The zero-order valence-electron chi connectivity index (χ0n) is 19.3. The van der Waals surface area contributed by atoms with Crippen LogP contribution < -0.4 is 0 Å². The third kappa shape index (κ3) is 3.76. The Kier molecular flexibility index (Phi) is 5.27. The first kappa shape index (κ1) is 21.6. The Morgan fingerprint density at radius 2 is 1.14 bits per heavy atom. The second-order valence-electron chi connectivity index (χ2n) is 8.97. The van der Waals surface area contributed by atoms with E-state index in [1.54, 1.807) is 0 Å². The fraction of sp³-hybridized carbons (Fsp3) is 0. The second-order valence-corrected chi connectivity index (χ2v) is 11.0. The van der Waals surface area contributed by atoms with Crippen LogP contribution in [-0.2, 0) is 0 Å². The molecule has 5 aromatic carbocycles. The molecule has 7 rings (SSSR count). The van der Waals surface area contributed by atoms with Gasteiger partial charge in [0.15, 0.2) is 0 Å². The van der Waals surface area contributed by atoms with Crippen LogP contribution in [0.4, 0.5) is 0 Å². The van der Waals surface area contributed by atoms with Crippen molar-refractivity contribution in [3.05, 3.63) is 126 Å². The predicted octanol–water partition coefficient (Wildman–Crippen LogP) is 10.1. The molecule has 1 nitrogen and oxygen atoms in total. The van der Waals surface area contributed by atoms with Crippen LogP contribution in [0.25, 0.3) is 55.5 Å². The van der Waals surface area contributed by atoms with Gasteiger partial charge >= 0.3 is 0 Å². The summed E-state index contributed by atoms with van der Waals surface area (Å²) in [5.74, 6) is 0. The molecule has 0 atom stereocenters. The van der Waals surface area contributed by atoms with Gasteiger partial charge in [0.2, 0.25) is 0 Å². The number of hydrogen-bond donors (Lipinski definition) is 0. The average molecular weight is 543 g/mol. The predicted molar refractivity (Wildman–Crippen MR) is 155 cm³/mol. The van der Waals surface area contributed by atoms with Crippen molar-refractivity contribution in [2.45, 2.75) is 9.79 Å². The van der Waals surface area contributed by atoms with Crippen LogP contribution in [0.5, 0.6) is 0 Å². The van der Waals surface area contributed by atoms with Crippen molar-refractivity contribution in [3.8, 4) is 44.6 Å². The smallest absolute Gasteiger partial charge is 0.0727 e. The van der Waals surface area contributed by atoms with Gasteiger partial charge < -0.3 is 0 Å². The van der Waals surface area contributed by atoms with E-state index in [4.69, 9.17) is 4.98 Å². The molecule has 1 aliphatic heterocycles. The summed E-state index contributed by atoms with van der Waals surface area (Å²) in [4.78, 5) is 7.68. The number of fused-ring (bicyclic) bond motifs is 2. The molecule has 36 heavy (non-hydrogen) atoms. The van der Waals surface area contributed by atoms with Gasteiger partial charge in [-0.15, -0.1) is 0 Å². The summed E-state index contributed by atoms with van der Waals surface area (Å²) in [5, 5.41) is 1.25. The SMILES string of the molecule is Brc1ccc(-c2ccc(-c3cccc(-c4cc5c6c(cccc6n4)Sc4ccccc4-5)c3)cc2)cc1. The van der Waals surface area contributed by atoms with Crippen LogP contribution in [-0.4, -0.2) is 4.98 Å². The standard InChI is InChI=1S/C33H20BrNS/c34-26-17-15-22(16-18-26)21-11-13-23(14-12-21)24-5-3-6-25(19-24)30-20-28-27-7-1-2-9-31(27)36-32-10-4-8-29(35-30)33(28)32/h1-20H. The third-order valence-corrected chi connectivity index (χ3v) is 8.41. The molecule has 3 heteroatoms. The maximum Gasteiger partial charge on any atom is 0.0727 e. The molecule has 0 radical (unpaired) electrons. The topological polar surface area (TPSA) is 12.9 Å². The lowest BCUT2D eigenvalue weighted by Crippen LogP contribution is -1.96. The van der Waals surface area contributed by atoms with Crippen LogP contribution in [0, 0.1) is 0 Å². The molecule has 0 bridgehead atoms. The van der Waals surface area contributed by atoms with E-state index >= 15 is 0 Å². The summed E-state index contributed by atoms with van der Waals surface area (Å²) in [5.41, 5.74) is 10.5. The van der Waals surface area contributed by atoms with E-state index in [1.165, 1.54) is 48.6 Å². The Morgan fingerprint density at radius 1 is 0.500 bits per heavy atom. The molecule has 0 saturated carbocycles. The summed E-state index contributed by atoms with van der Waals surface area (Å²) in [6.45, 7) is 0. The minimum absolute atomic E-state index is 1.00. The highest BCUT2D eigenvalue weighted by Crippen LogP contribution is 2.48. The van der Waals surface area contributed by atoms with E-state index < -0.39 is 0 Å². The van der Waals surface area contributed by atoms with Gasteiger partial charge in [-0.1, -0.05) is 107 Å². The Hall–Kier alpha value is -3.66. The van der Waals surface area contributed by atoms with Gasteiger partial charge in [0.25, 0.3) is 0 Å². The van der Waals surface area contributed by atoms with Gasteiger partial charge in [-0.25, -0.2) is 4.98 Å². The van der Waals surface area contributed by atoms with Crippen molar-refractivity contribution in [2.24, 2.45) is 0 Å². The van der Waals surface area contributed by atoms with E-state index in [2.05, 4.69) is 137 Å². The normalized spacial score (nSPS) is 11.9. The fourth-order valence-corrected chi connectivity index (χ4v) is 6.35. The van der Waals surface area contributed by atoms with Gasteiger partial charge in [-0.05, 0) is 75.8 Å². The monoisotopic (exact) mass is 541 g/mol. The molecular formula is C33H20BrNS. The number of rotatable bonds is 3. The van der Waals surface area contributed by atoms with Gasteiger partial charge in [0.05, 0.1) is 11.2 Å². The van der Waals surface area contributed by atoms with Crippen LogP contribution in [0.3, 0.4) is 0 Å². The highest BCUT2D eigenvalue weighted by molar-refractivity contribution is 9.10. The molecule has 0 fully saturated rings. The zero-order valence-corrected chi connectivity index (χ0v) is 21.7. The molecule has 0 spiro atoms. The molecule has 1 aromatic heterocycles. The van der Waals surface area contributed by atoms with E-state index in [1.807, 2.05) is 11.8 Å². The highest BCUT2D eigenvalue weighted by atomic mass is 79.9. The second kappa shape index (κ2) is 8.77. The van der Waals surface area contributed by atoms with Gasteiger partial charge in [-0.3, -0.25) is 0 Å². The molecule has 6 aromatic rings. The third-order valence-electron chi connectivity index (χ3n) is 6.75. The molecule has 2 heterocycles. The minimum Gasteiger partial charge on any atom is -0.248 e. The lowest BCUT2D eigenvalue weighted by Gasteiger charge is -2.20. The van der Waals surface area contributed by atoms with Crippen molar-refractivity contribution in [1.82, 2.24) is 4.98 Å². The lowest BCUT2D eigenvalue weighted by molar-refractivity contribution is 1.34. The number of halogens is 1. The quantitative estimate of drug-likeness (QED) is 0.220. The van der Waals surface area contributed by atoms with Crippen molar-refractivity contribution >= 4 is 38.6 Å². The molecular weight excluding hydrogens is 522 g/mol. The van der Waals surface area contributed by atoms with Crippen molar-refractivity contribution < 1.29 is 0 Å². The van der Waals surface area contributed by atoms with Gasteiger partial charge in [-0.2, -0.15) is 0 Å². The maximum absolute atomic E-state index is 5.10. The highest BCUT2D eigenvalue weighted by Gasteiger charge is 2.20. The molecule has 0 amide bonds. The number of nitrogens with zero attached hydrogens (tertiary/aromatic N) is 1. The van der Waals surface area contributed by atoms with Crippen molar-refractivity contribution in [2.75, 3.05) is 0 Å². The van der Waals surface area contributed by atoms with Crippen molar-refractivity contribution in [3.63, 3.8) is 0 Å². The average Bonchev–Trinajstić information content (AvgIpc) is 2.94. The summed E-state index contributed by atoms with van der Waals surface area (Å²) in [7, 11) is 0. The van der Waals surface area contributed by atoms with E-state index in [0.29, 0.717) is 0 Å². The molecule has 170 valence electrons. The van der Waals surface area contributed by atoms with E-state index in [9.17, 15) is 0 Å². The first-order valence-corrected chi connectivity index (χ1v) is 13.5. The molecule has 0 N–H and O–H groups in total. The number of hydrogen-bond acceptors (Lipinski definition) is 2. The minimum atomic E-state index is 1.00. The molecule has 0 unspecified atom stereocenters.